The van der Waals surface area contributed by atoms with Crippen LogP contribution in [0, 0.1) is 0 Å². The fraction of sp³-hybridized carbons (Fsp3) is 0.232. The number of pyridine rings is 1. The molecule has 0 spiro atoms. The van der Waals surface area contributed by atoms with E-state index >= 15 is 0 Å². The predicted molar refractivity (Wildman–Crippen MR) is 380 cm³/mol. The molecule has 0 bridgehead atoms. The van der Waals surface area contributed by atoms with Crippen molar-refractivity contribution < 1.29 is 48.3 Å². The van der Waals surface area contributed by atoms with Gasteiger partial charge < -0.3 is 56.2 Å². The van der Waals surface area contributed by atoms with Crippen molar-refractivity contribution >= 4 is 47.0 Å². The molecule has 12 aromatic rings. The highest BCUT2D eigenvalue weighted by Gasteiger charge is 2.31. The summed E-state index contributed by atoms with van der Waals surface area (Å²) in [7, 11) is -4.67. The molecule has 1 aliphatic heterocycles. The number of aromatic nitrogens is 13. The summed E-state index contributed by atoms with van der Waals surface area (Å²) >= 11 is 0. The summed E-state index contributed by atoms with van der Waals surface area (Å²) in [5.41, 5.74) is 27.6. The van der Waals surface area contributed by atoms with Crippen molar-refractivity contribution in [1.29, 1.82) is 0 Å². The third-order valence-electron chi connectivity index (χ3n) is 15.9. The maximum atomic E-state index is 12.8. The van der Waals surface area contributed by atoms with Crippen molar-refractivity contribution in [3.8, 4) is 103 Å². The van der Waals surface area contributed by atoms with Crippen LogP contribution in [0.3, 0.4) is 0 Å². The molecule has 0 amide bonds. The number of aliphatic hydroxyl groups is 1. The van der Waals surface area contributed by atoms with Crippen molar-refractivity contribution in [2.24, 2.45) is 0 Å². The number of nitrogen functional groups attached to an aromatic ring is 3. The van der Waals surface area contributed by atoms with Gasteiger partial charge in [-0.1, -0.05) is 60.7 Å². The molecular weight excluding hydrogens is 1370 g/mol. The van der Waals surface area contributed by atoms with Crippen LogP contribution in [0.1, 0.15) is 43.4 Å². The molecule has 33 heteroatoms. The van der Waals surface area contributed by atoms with E-state index in [9.17, 15) is 25.3 Å². The van der Waals surface area contributed by atoms with Gasteiger partial charge in [0.15, 0.2) is 64.0 Å². The van der Waals surface area contributed by atoms with Crippen LogP contribution < -0.4 is 33.2 Å². The molecule has 1 atom stereocenters. The normalized spacial score (nSPS) is 13.1. The monoisotopic (exact) mass is 1440 g/mol. The summed E-state index contributed by atoms with van der Waals surface area (Å²) in [6, 6.07) is 39.1. The van der Waals surface area contributed by atoms with Gasteiger partial charge in [0.1, 0.15) is 5.69 Å². The lowest BCUT2D eigenvalue weighted by atomic mass is 10.1. The van der Waals surface area contributed by atoms with Crippen molar-refractivity contribution in [3.05, 3.63) is 175 Å². The molecule has 102 heavy (non-hydrogen) atoms. The van der Waals surface area contributed by atoms with Gasteiger partial charge in [0, 0.05) is 66.9 Å². The maximum Gasteiger partial charge on any atom is 0.270 e. The Bertz CT molecular complexity index is 5200. The van der Waals surface area contributed by atoms with E-state index in [1.807, 2.05) is 93.9 Å². The Morgan fingerprint density at radius 3 is 1.19 bits per heavy atom. The second-order valence-electron chi connectivity index (χ2n) is 23.3. The number of rotatable bonds is 23. The van der Waals surface area contributed by atoms with E-state index in [-0.39, 0.29) is 92.3 Å². The second-order valence-corrected chi connectivity index (χ2v) is 30.2. The number of ether oxygens (including phenoxy) is 1. The Balaban J connectivity index is 0.000000154. The van der Waals surface area contributed by atoms with Crippen LogP contribution in [-0.4, -0.2) is 153 Å². The number of hydrogen-bond donors (Lipinski definition) is 7. The standard InChI is InChI=1S/C24H24N6O4S.C23H24N6O4S.C22H23N7O3S/c1-26-12-15-2-4-17(5-3-15)23-29-30-24(34-23)21-22(25)27-13-20(28-21)16-6-8-18(9-7-16)35(31,32)19-10-11-33-14-19;1-25-13-15-3-5-17(6-4-15)22-28-29-23(33-22)20-21(24)26-14-19(27-20)16-7-9-18(10-8-16)34(31,32)12-2-11-30;1-13(2)33(30,31)16-8-9-17(25-11-16)18-12-26-20(23)19(27-18)22-29-28-21(32-22)15-6-4-14(5-7-15)10-24-3/h2-9,13,19,26H,10-12,14H2,1H3,(H2,25,27);3-10,14,25,30H,2,11-13H2,1H3,(H2,24,26);4-9,11-13,24H,10H2,1-3H3,(H2,23,26). The van der Waals surface area contributed by atoms with E-state index in [1.54, 1.807) is 56.3 Å². The molecule has 10 N–H and O–H groups in total. The fourth-order valence-electron chi connectivity index (χ4n) is 10.2. The molecule has 5 aromatic carbocycles. The highest BCUT2D eigenvalue weighted by molar-refractivity contribution is 7.92. The topological polar surface area (TPSA) is 453 Å². The van der Waals surface area contributed by atoms with Crippen molar-refractivity contribution in [2.45, 2.75) is 71.5 Å². The molecule has 0 radical (unpaired) electrons. The van der Waals surface area contributed by atoms with Gasteiger partial charge in [0.2, 0.25) is 17.7 Å². The SMILES string of the molecule is CNCc1ccc(-c2nnc(-c3nc(-c4ccc(S(=O)(=O)C(C)C)cn4)cnc3N)o2)cc1.CNCc1ccc(-c2nnc(-c3nc(-c4ccc(S(=O)(=O)C5CCOC5)cc4)cnc3N)o2)cc1.CNCc1ccc(-c2nnc(-c3nc(-c4ccc(S(=O)(=O)CCCO)cc4)cnc3N)o2)cc1. The third kappa shape index (κ3) is 16.9. The Labute approximate surface area is 587 Å². The third-order valence-corrected chi connectivity index (χ3v) is 22.0. The summed E-state index contributed by atoms with van der Waals surface area (Å²) in [6.07, 6.45) is 6.46. The molecule has 7 aromatic heterocycles. The van der Waals surface area contributed by atoms with E-state index in [4.69, 9.17) is 40.3 Å². The van der Waals surface area contributed by atoms with Gasteiger partial charge in [-0.2, -0.15) is 0 Å². The molecule has 1 saturated heterocycles. The molecular formula is C69H71N19O11S3. The Hall–Kier alpha value is -11.0. The van der Waals surface area contributed by atoms with Gasteiger partial charge in [-0.3, -0.25) is 4.98 Å². The molecule has 1 aliphatic rings. The lowest BCUT2D eigenvalue weighted by Crippen LogP contribution is -2.21. The van der Waals surface area contributed by atoms with Gasteiger partial charge in [-0.05, 0) is 137 Å². The summed E-state index contributed by atoms with van der Waals surface area (Å²) in [6.45, 7) is 6.02. The second kappa shape index (κ2) is 32.1. The van der Waals surface area contributed by atoms with E-state index in [0.29, 0.717) is 64.6 Å². The summed E-state index contributed by atoms with van der Waals surface area (Å²) in [5.74, 6) is 1.67. The average molecular weight is 1440 g/mol. The van der Waals surface area contributed by atoms with Gasteiger partial charge in [-0.25, -0.2) is 55.2 Å². The summed E-state index contributed by atoms with van der Waals surface area (Å²) in [5, 5.41) is 41.7. The number of nitrogens with one attached hydrogen (secondary N) is 3. The Morgan fingerprint density at radius 2 is 0.824 bits per heavy atom. The number of benzene rings is 5. The molecule has 0 aliphatic carbocycles. The Kier molecular flexibility index (Phi) is 22.7. The zero-order chi connectivity index (χ0) is 72.1. The molecule has 30 nitrogen and oxygen atoms in total. The van der Waals surface area contributed by atoms with Crippen LogP contribution in [-0.2, 0) is 53.9 Å². The highest BCUT2D eigenvalue weighted by Crippen LogP contribution is 2.34. The minimum absolute atomic E-state index is 0.119. The first-order valence-corrected chi connectivity index (χ1v) is 36.6. The quantitative estimate of drug-likeness (QED) is 0.0321. The largest absolute Gasteiger partial charge is 0.414 e. The molecule has 1 unspecified atom stereocenters. The number of sulfone groups is 3. The minimum atomic E-state index is -3.46. The number of anilines is 3. The van der Waals surface area contributed by atoms with Crippen LogP contribution in [0.4, 0.5) is 17.5 Å². The van der Waals surface area contributed by atoms with E-state index in [0.717, 1.165) is 53.0 Å². The number of aliphatic hydroxyl groups excluding tert-OH is 1. The van der Waals surface area contributed by atoms with E-state index in [1.165, 1.54) is 43.0 Å². The van der Waals surface area contributed by atoms with Crippen LogP contribution in [0.25, 0.3) is 103 Å². The van der Waals surface area contributed by atoms with Gasteiger partial charge >= 0.3 is 0 Å². The zero-order valence-corrected chi connectivity index (χ0v) is 58.3. The predicted octanol–water partition coefficient (Wildman–Crippen LogP) is 7.78. The van der Waals surface area contributed by atoms with Gasteiger partial charge in [-0.15, -0.1) is 30.6 Å². The molecule has 13 rings (SSSR count). The fourth-order valence-corrected chi connectivity index (χ4v) is 14.1. The molecule has 1 fully saturated rings. The average Bonchev–Trinajstić information content (AvgIpc) is 1.01. The highest BCUT2D eigenvalue weighted by atomic mass is 32.2. The minimum Gasteiger partial charge on any atom is -0.414 e. The molecule has 0 saturated carbocycles. The van der Waals surface area contributed by atoms with Crippen molar-refractivity contribution in [1.82, 2.24) is 81.4 Å². The number of nitrogens with two attached hydrogens (primary N) is 3. The van der Waals surface area contributed by atoms with Gasteiger partial charge in [0.25, 0.3) is 17.7 Å². The summed E-state index contributed by atoms with van der Waals surface area (Å²) in [4.78, 5) is 31.0. The van der Waals surface area contributed by atoms with E-state index < -0.39 is 40.0 Å². The van der Waals surface area contributed by atoms with Crippen LogP contribution >= 0.6 is 0 Å². The first-order valence-electron chi connectivity index (χ1n) is 31.8. The lowest BCUT2D eigenvalue weighted by Gasteiger charge is -2.10. The van der Waals surface area contributed by atoms with Crippen molar-refractivity contribution in [3.63, 3.8) is 0 Å². The van der Waals surface area contributed by atoms with Gasteiger partial charge in [0.05, 0.1) is 73.2 Å². The maximum absolute atomic E-state index is 12.8. The van der Waals surface area contributed by atoms with Crippen LogP contribution in [0.5, 0.6) is 0 Å². The van der Waals surface area contributed by atoms with Crippen LogP contribution in [0.15, 0.2) is 186 Å². The zero-order valence-electron chi connectivity index (χ0n) is 55.8. The smallest absolute Gasteiger partial charge is 0.270 e. The summed E-state index contributed by atoms with van der Waals surface area (Å²) < 4.78 is 97.5. The Morgan fingerprint density at radius 1 is 0.451 bits per heavy atom. The number of nitrogens with zero attached hydrogens (tertiary/aromatic N) is 13. The van der Waals surface area contributed by atoms with E-state index in [2.05, 4.69) is 81.4 Å². The van der Waals surface area contributed by atoms with Crippen molar-refractivity contribution in [2.75, 3.05) is 63.9 Å². The molecule has 8 heterocycles. The lowest BCUT2D eigenvalue weighted by molar-refractivity contribution is 0.198. The van der Waals surface area contributed by atoms with Crippen LogP contribution in [0.2, 0.25) is 0 Å². The number of hydrogen-bond acceptors (Lipinski definition) is 30. The first kappa shape index (κ1) is 72.2. The molecule has 526 valence electrons. The first-order chi connectivity index (χ1) is 49.1.